The van der Waals surface area contributed by atoms with Crippen LogP contribution in [0.15, 0.2) is 108 Å². The molecular weight excluding hydrogens is 524 g/mol. The molecule has 0 bridgehead atoms. The third-order valence-electron chi connectivity index (χ3n) is 5.70. The molecule has 0 fully saturated rings. The molecule has 0 saturated carbocycles. The Hall–Kier alpha value is -3.85. The van der Waals surface area contributed by atoms with Crippen molar-refractivity contribution in [3.05, 3.63) is 114 Å². The molecule has 38 heavy (non-hydrogen) atoms. The molecule has 4 aromatic carbocycles. The van der Waals surface area contributed by atoms with E-state index in [1.807, 2.05) is 48.5 Å². The lowest BCUT2D eigenvalue weighted by Gasteiger charge is -2.22. The SMILES string of the molecule is COc1ccc(S(=O)(=O)N(CCc2ccccc2)CC(=O)Nc2cc(Cl)ccc2Oc2ccccc2)cc1. The number of hydrogen-bond acceptors (Lipinski definition) is 5. The van der Waals surface area contributed by atoms with E-state index in [0.29, 0.717) is 34.4 Å². The van der Waals surface area contributed by atoms with Gasteiger partial charge in [-0.3, -0.25) is 4.79 Å². The van der Waals surface area contributed by atoms with Gasteiger partial charge in [-0.2, -0.15) is 4.31 Å². The highest BCUT2D eigenvalue weighted by Crippen LogP contribution is 2.32. The van der Waals surface area contributed by atoms with Crippen LogP contribution >= 0.6 is 11.6 Å². The summed E-state index contributed by atoms with van der Waals surface area (Å²) < 4.78 is 39.4. The van der Waals surface area contributed by atoms with Crippen LogP contribution in [0, 0.1) is 0 Å². The summed E-state index contributed by atoms with van der Waals surface area (Å²) in [5, 5.41) is 3.16. The van der Waals surface area contributed by atoms with Crippen molar-refractivity contribution in [2.45, 2.75) is 11.3 Å². The molecule has 0 saturated heterocycles. The third-order valence-corrected chi connectivity index (χ3v) is 7.79. The average Bonchev–Trinajstić information content (AvgIpc) is 2.93. The van der Waals surface area contributed by atoms with Crippen LogP contribution in [0.5, 0.6) is 17.2 Å². The predicted molar refractivity (Wildman–Crippen MR) is 148 cm³/mol. The highest BCUT2D eigenvalue weighted by atomic mass is 35.5. The van der Waals surface area contributed by atoms with E-state index in [0.717, 1.165) is 5.56 Å². The van der Waals surface area contributed by atoms with Crippen LogP contribution in [-0.2, 0) is 21.2 Å². The number of amides is 1. The number of anilines is 1. The third kappa shape index (κ3) is 7.13. The van der Waals surface area contributed by atoms with Gasteiger partial charge in [0.25, 0.3) is 0 Å². The second-order valence-corrected chi connectivity index (χ2v) is 10.7. The summed E-state index contributed by atoms with van der Waals surface area (Å²) >= 11 is 6.18. The lowest BCUT2D eigenvalue weighted by Crippen LogP contribution is -2.39. The van der Waals surface area contributed by atoms with Gasteiger partial charge in [0, 0.05) is 11.6 Å². The molecule has 0 spiro atoms. The first-order valence-corrected chi connectivity index (χ1v) is 13.7. The summed E-state index contributed by atoms with van der Waals surface area (Å²) in [7, 11) is -2.49. The zero-order chi connectivity index (χ0) is 27.0. The van der Waals surface area contributed by atoms with Gasteiger partial charge in [-0.25, -0.2) is 8.42 Å². The summed E-state index contributed by atoms with van der Waals surface area (Å²) in [6.07, 6.45) is 0.434. The Morgan fingerprint density at radius 1 is 0.868 bits per heavy atom. The molecule has 196 valence electrons. The van der Waals surface area contributed by atoms with E-state index in [-0.39, 0.29) is 11.4 Å². The fourth-order valence-corrected chi connectivity index (χ4v) is 5.30. The molecule has 0 radical (unpaired) electrons. The molecule has 0 aliphatic rings. The normalized spacial score (nSPS) is 11.2. The standard InChI is InChI=1S/C29H27ClN2O5S/c1-36-24-13-15-26(16-14-24)38(34,35)32(19-18-22-8-4-2-5-9-22)21-29(33)31-27-20-23(30)12-17-28(27)37-25-10-6-3-7-11-25/h2-17,20H,18-19,21H2,1H3,(H,31,33). The Kier molecular flexibility index (Phi) is 9.02. The quantitative estimate of drug-likeness (QED) is 0.247. The number of carbonyl (C=O) groups excluding carboxylic acids is 1. The number of hydrogen-bond donors (Lipinski definition) is 1. The molecule has 0 unspecified atom stereocenters. The van der Waals surface area contributed by atoms with Gasteiger partial charge < -0.3 is 14.8 Å². The van der Waals surface area contributed by atoms with Crippen LogP contribution in [0.3, 0.4) is 0 Å². The molecule has 0 atom stereocenters. The van der Waals surface area contributed by atoms with Crippen LogP contribution in [0.1, 0.15) is 5.56 Å². The fraction of sp³-hybridized carbons (Fsp3) is 0.138. The number of benzene rings is 4. The summed E-state index contributed by atoms with van der Waals surface area (Å²) in [5.41, 5.74) is 1.28. The average molecular weight is 551 g/mol. The smallest absolute Gasteiger partial charge is 0.243 e. The number of carbonyl (C=O) groups is 1. The first kappa shape index (κ1) is 27.2. The summed E-state index contributed by atoms with van der Waals surface area (Å²) in [6, 6.07) is 29.5. The van der Waals surface area contributed by atoms with Crippen molar-refractivity contribution in [2.24, 2.45) is 0 Å². The van der Waals surface area contributed by atoms with Crippen molar-refractivity contribution in [2.75, 3.05) is 25.5 Å². The van der Waals surface area contributed by atoms with Gasteiger partial charge in [-0.1, -0.05) is 60.1 Å². The van der Waals surface area contributed by atoms with E-state index in [1.54, 1.807) is 42.5 Å². The van der Waals surface area contributed by atoms with E-state index in [9.17, 15) is 13.2 Å². The molecule has 9 heteroatoms. The minimum atomic E-state index is -3.99. The van der Waals surface area contributed by atoms with Gasteiger partial charge in [0.2, 0.25) is 15.9 Å². The highest BCUT2D eigenvalue weighted by molar-refractivity contribution is 7.89. The maximum atomic E-state index is 13.6. The van der Waals surface area contributed by atoms with Gasteiger partial charge in [0.1, 0.15) is 11.5 Å². The molecular formula is C29H27ClN2O5S. The largest absolute Gasteiger partial charge is 0.497 e. The first-order chi connectivity index (χ1) is 18.3. The summed E-state index contributed by atoms with van der Waals surface area (Å²) in [4.78, 5) is 13.3. The van der Waals surface area contributed by atoms with E-state index in [4.69, 9.17) is 21.1 Å². The zero-order valence-electron chi connectivity index (χ0n) is 20.7. The molecule has 1 amide bonds. The number of halogens is 1. The predicted octanol–water partition coefficient (Wildman–Crippen LogP) is 6.01. The number of rotatable bonds is 11. The second-order valence-electron chi connectivity index (χ2n) is 8.35. The number of methoxy groups -OCH3 is 1. The van der Waals surface area contributed by atoms with Crippen LogP contribution in [0.4, 0.5) is 5.69 Å². The van der Waals surface area contributed by atoms with Crippen LogP contribution in [0.2, 0.25) is 5.02 Å². The van der Waals surface area contributed by atoms with Crippen molar-refractivity contribution in [1.29, 1.82) is 0 Å². The topological polar surface area (TPSA) is 84.9 Å². The van der Waals surface area contributed by atoms with E-state index in [1.165, 1.54) is 23.5 Å². The highest BCUT2D eigenvalue weighted by Gasteiger charge is 2.27. The van der Waals surface area contributed by atoms with Crippen molar-refractivity contribution in [3.8, 4) is 17.2 Å². The summed E-state index contributed by atoms with van der Waals surface area (Å²) in [6.45, 7) is -0.298. The van der Waals surface area contributed by atoms with Crippen LogP contribution < -0.4 is 14.8 Å². The van der Waals surface area contributed by atoms with Crippen LogP contribution in [-0.4, -0.2) is 38.8 Å². The zero-order valence-corrected chi connectivity index (χ0v) is 22.3. The molecule has 4 rings (SSSR count). The summed E-state index contributed by atoms with van der Waals surface area (Å²) in [5.74, 6) is 0.958. The lowest BCUT2D eigenvalue weighted by molar-refractivity contribution is -0.116. The lowest BCUT2D eigenvalue weighted by atomic mass is 10.1. The van der Waals surface area contributed by atoms with Crippen molar-refractivity contribution < 1.29 is 22.7 Å². The van der Waals surface area contributed by atoms with Crippen molar-refractivity contribution in [3.63, 3.8) is 0 Å². The van der Waals surface area contributed by atoms with Gasteiger partial charge >= 0.3 is 0 Å². The molecule has 0 aromatic heterocycles. The molecule has 0 heterocycles. The molecule has 0 aliphatic heterocycles. The fourth-order valence-electron chi connectivity index (χ4n) is 3.73. The number of ether oxygens (including phenoxy) is 2. The maximum absolute atomic E-state index is 13.6. The van der Waals surface area contributed by atoms with Gasteiger partial charge in [0.15, 0.2) is 5.75 Å². The molecule has 0 aliphatic carbocycles. The van der Waals surface area contributed by atoms with E-state index < -0.39 is 22.5 Å². The van der Waals surface area contributed by atoms with Gasteiger partial charge in [-0.15, -0.1) is 0 Å². The van der Waals surface area contributed by atoms with E-state index in [2.05, 4.69) is 5.32 Å². The Balaban J connectivity index is 1.56. The molecule has 1 N–H and O–H groups in total. The minimum absolute atomic E-state index is 0.0648. The monoisotopic (exact) mass is 550 g/mol. The van der Waals surface area contributed by atoms with E-state index >= 15 is 0 Å². The number of nitrogens with one attached hydrogen (secondary N) is 1. The maximum Gasteiger partial charge on any atom is 0.243 e. The Bertz CT molecular complexity index is 1460. The van der Waals surface area contributed by atoms with Crippen molar-refractivity contribution >= 4 is 33.2 Å². The van der Waals surface area contributed by atoms with Crippen LogP contribution in [0.25, 0.3) is 0 Å². The molecule has 4 aromatic rings. The Morgan fingerprint density at radius 3 is 2.18 bits per heavy atom. The van der Waals surface area contributed by atoms with Gasteiger partial charge in [0.05, 0.1) is 24.2 Å². The Morgan fingerprint density at radius 2 is 1.53 bits per heavy atom. The minimum Gasteiger partial charge on any atom is -0.497 e. The number of para-hydroxylation sites is 1. The number of nitrogens with zero attached hydrogens (tertiary/aromatic N) is 1. The Labute approximate surface area is 227 Å². The van der Waals surface area contributed by atoms with Crippen molar-refractivity contribution in [1.82, 2.24) is 4.31 Å². The molecule has 7 nitrogen and oxygen atoms in total. The van der Waals surface area contributed by atoms with Gasteiger partial charge in [-0.05, 0) is 66.6 Å². The number of sulfonamides is 1. The first-order valence-electron chi connectivity index (χ1n) is 11.9. The second kappa shape index (κ2) is 12.6.